The smallest absolute Gasteiger partial charge is 0.316 e. The van der Waals surface area contributed by atoms with Gasteiger partial charge in [-0.1, -0.05) is 12.1 Å². The Morgan fingerprint density at radius 3 is 2.15 bits per heavy atom. The molecule has 27 heavy (non-hydrogen) atoms. The number of benzene rings is 2. The first-order valence-electron chi connectivity index (χ1n) is 8.22. The van der Waals surface area contributed by atoms with E-state index < -0.39 is 21.8 Å². The lowest BCUT2D eigenvalue weighted by molar-refractivity contribution is -0.137. The zero-order valence-electron chi connectivity index (χ0n) is 14.1. The molecule has 2 aliphatic rings. The van der Waals surface area contributed by atoms with Crippen LogP contribution in [-0.4, -0.2) is 21.5 Å². The lowest BCUT2D eigenvalue weighted by atomic mass is 9.95. The van der Waals surface area contributed by atoms with Gasteiger partial charge in [0.25, 0.3) is 10.0 Å². The topological polar surface area (TPSA) is 58.2 Å². The number of halogens is 4. The van der Waals surface area contributed by atoms with E-state index in [0.29, 0.717) is 11.6 Å². The van der Waals surface area contributed by atoms with Gasteiger partial charge in [-0.3, -0.25) is 4.72 Å². The van der Waals surface area contributed by atoms with Gasteiger partial charge in [0, 0.05) is 17.6 Å². The standard InChI is InChI=1S/C18H17F3N2O2S.ClH/c19-18(20,21)13-3-7-16(8-4-13)26(24,25)23-15-5-1-12(2-6-15)17-9-14(17)10-22-11-17;/h1-8,14,22-23H,9-11H2;1H/t14-,17?;/m1./s1. The van der Waals surface area contributed by atoms with Crippen molar-refractivity contribution in [3.8, 4) is 0 Å². The summed E-state index contributed by atoms with van der Waals surface area (Å²) in [5.41, 5.74) is 0.868. The number of fused-ring (bicyclic) bond motifs is 1. The van der Waals surface area contributed by atoms with Crippen molar-refractivity contribution in [3.05, 3.63) is 59.7 Å². The first kappa shape index (κ1) is 20.0. The molecule has 0 aromatic heterocycles. The van der Waals surface area contributed by atoms with Crippen molar-refractivity contribution < 1.29 is 21.6 Å². The first-order valence-corrected chi connectivity index (χ1v) is 9.70. The zero-order valence-corrected chi connectivity index (χ0v) is 15.7. The summed E-state index contributed by atoms with van der Waals surface area (Å²) in [6, 6.07) is 10.7. The summed E-state index contributed by atoms with van der Waals surface area (Å²) in [6.07, 6.45) is -3.35. The fraction of sp³-hybridized carbons (Fsp3) is 0.333. The Balaban J connectivity index is 0.00000210. The van der Waals surface area contributed by atoms with Gasteiger partial charge in [-0.05, 0) is 60.8 Å². The van der Waals surface area contributed by atoms with E-state index in [1.54, 1.807) is 12.1 Å². The molecule has 2 atom stereocenters. The fourth-order valence-corrected chi connectivity index (χ4v) is 4.76. The van der Waals surface area contributed by atoms with E-state index in [4.69, 9.17) is 0 Å². The number of alkyl halides is 3. The van der Waals surface area contributed by atoms with Crippen molar-refractivity contribution in [1.29, 1.82) is 0 Å². The van der Waals surface area contributed by atoms with Gasteiger partial charge in [-0.25, -0.2) is 8.42 Å². The van der Waals surface area contributed by atoms with Gasteiger partial charge in [0.05, 0.1) is 10.5 Å². The van der Waals surface area contributed by atoms with E-state index in [1.165, 1.54) is 5.56 Å². The van der Waals surface area contributed by atoms with E-state index in [-0.39, 0.29) is 22.7 Å². The summed E-state index contributed by atoms with van der Waals surface area (Å²) >= 11 is 0. The summed E-state index contributed by atoms with van der Waals surface area (Å²) < 4.78 is 64.9. The van der Waals surface area contributed by atoms with Gasteiger partial charge < -0.3 is 5.32 Å². The summed E-state index contributed by atoms with van der Waals surface area (Å²) in [7, 11) is -3.94. The van der Waals surface area contributed by atoms with Crippen LogP contribution in [0, 0.1) is 5.92 Å². The van der Waals surface area contributed by atoms with Crippen LogP contribution in [0.2, 0.25) is 0 Å². The Labute approximate surface area is 161 Å². The maximum Gasteiger partial charge on any atom is 0.416 e. The number of rotatable bonds is 4. The number of piperidine rings is 1. The second kappa shape index (κ2) is 6.68. The van der Waals surface area contributed by atoms with Crippen LogP contribution in [0.1, 0.15) is 17.5 Å². The molecule has 1 unspecified atom stereocenters. The Hall–Kier alpha value is -1.77. The van der Waals surface area contributed by atoms with Crippen LogP contribution in [0.5, 0.6) is 0 Å². The van der Waals surface area contributed by atoms with Crippen LogP contribution in [-0.2, 0) is 21.6 Å². The molecule has 146 valence electrons. The number of anilines is 1. The maximum atomic E-state index is 12.6. The molecular weight excluding hydrogens is 401 g/mol. The van der Waals surface area contributed by atoms with Gasteiger partial charge in [0.15, 0.2) is 0 Å². The van der Waals surface area contributed by atoms with Crippen molar-refractivity contribution in [2.75, 3.05) is 17.8 Å². The first-order chi connectivity index (χ1) is 12.2. The van der Waals surface area contributed by atoms with Crippen molar-refractivity contribution in [3.63, 3.8) is 0 Å². The highest BCUT2D eigenvalue weighted by atomic mass is 35.5. The minimum absolute atomic E-state index is 0. The number of nitrogens with one attached hydrogen (secondary N) is 2. The Kier molecular flexibility index (Phi) is 4.95. The van der Waals surface area contributed by atoms with Crippen LogP contribution < -0.4 is 10.0 Å². The van der Waals surface area contributed by atoms with Gasteiger partial charge in [-0.2, -0.15) is 13.2 Å². The third-order valence-electron chi connectivity index (χ3n) is 5.27. The molecule has 1 saturated heterocycles. The summed E-state index contributed by atoms with van der Waals surface area (Å²) in [6.45, 7) is 1.95. The second-order valence-corrected chi connectivity index (χ2v) is 8.58. The molecule has 4 rings (SSSR count). The molecule has 2 N–H and O–H groups in total. The molecule has 2 aromatic rings. The molecule has 9 heteroatoms. The zero-order chi connectivity index (χ0) is 18.6. The Bertz CT molecular complexity index is 931. The van der Waals surface area contributed by atoms with Crippen molar-refractivity contribution in [2.24, 2.45) is 5.92 Å². The number of hydrogen-bond acceptors (Lipinski definition) is 3. The molecule has 2 aromatic carbocycles. The monoisotopic (exact) mass is 418 g/mol. The molecule has 2 fully saturated rings. The van der Waals surface area contributed by atoms with Gasteiger partial charge in [0.1, 0.15) is 0 Å². The molecule has 1 heterocycles. The molecule has 0 spiro atoms. The number of sulfonamides is 1. The minimum Gasteiger partial charge on any atom is -0.316 e. The molecule has 0 bridgehead atoms. The highest BCUT2D eigenvalue weighted by Gasteiger charge is 2.57. The minimum atomic E-state index is -4.50. The van der Waals surface area contributed by atoms with Crippen LogP contribution in [0.15, 0.2) is 53.4 Å². The van der Waals surface area contributed by atoms with Gasteiger partial charge >= 0.3 is 6.18 Å². The van der Waals surface area contributed by atoms with Crippen LogP contribution in [0.3, 0.4) is 0 Å². The lowest BCUT2D eigenvalue weighted by Crippen LogP contribution is -2.19. The van der Waals surface area contributed by atoms with E-state index >= 15 is 0 Å². The highest BCUT2D eigenvalue weighted by Crippen LogP contribution is 2.56. The van der Waals surface area contributed by atoms with Gasteiger partial charge in [-0.15, -0.1) is 12.4 Å². The molecule has 1 aliphatic heterocycles. The molecule has 0 radical (unpaired) electrons. The summed E-state index contributed by atoms with van der Waals surface area (Å²) in [4.78, 5) is -0.213. The van der Waals surface area contributed by atoms with E-state index in [1.807, 2.05) is 12.1 Å². The van der Waals surface area contributed by atoms with E-state index in [2.05, 4.69) is 10.0 Å². The Morgan fingerprint density at radius 1 is 1.04 bits per heavy atom. The van der Waals surface area contributed by atoms with Gasteiger partial charge in [0.2, 0.25) is 0 Å². The van der Waals surface area contributed by atoms with E-state index in [9.17, 15) is 21.6 Å². The predicted molar refractivity (Wildman–Crippen MR) is 98.6 cm³/mol. The molecule has 1 saturated carbocycles. The number of hydrogen-bond donors (Lipinski definition) is 2. The van der Waals surface area contributed by atoms with Crippen LogP contribution >= 0.6 is 12.4 Å². The summed E-state index contributed by atoms with van der Waals surface area (Å²) in [5, 5.41) is 3.36. The van der Waals surface area contributed by atoms with E-state index in [0.717, 1.165) is 43.8 Å². The Morgan fingerprint density at radius 2 is 1.67 bits per heavy atom. The highest BCUT2D eigenvalue weighted by molar-refractivity contribution is 7.92. The maximum absolute atomic E-state index is 12.6. The normalized spacial score (nSPS) is 24.0. The molecular formula is C18H18ClF3N2O2S. The van der Waals surface area contributed by atoms with Crippen LogP contribution in [0.4, 0.5) is 18.9 Å². The van der Waals surface area contributed by atoms with Crippen LogP contribution in [0.25, 0.3) is 0 Å². The van der Waals surface area contributed by atoms with Crippen molar-refractivity contribution >= 4 is 28.1 Å². The van der Waals surface area contributed by atoms with Crippen molar-refractivity contribution in [2.45, 2.75) is 22.9 Å². The third kappa shape index (κ3) is 3.66. The fourth-order valence-electron chi connectivity index (χ4n) is 3.70. The largest absolute Gasteiger partial charge is 0.416 e. The predicted octanol–water partition coefficient (Wildman–Crippen LogP) is 3.79. The third-order valence-corrected chi connectivity index (χ3v) is 6.66. The average Bonchev–Trinajstić information content (AvgIpc) is 3.15. The summed E-state index contributed by atoms with van der Waals surface area (Å²) in [5.74, 6) is 0.650. The molecule has 4 nitrogen and oxygen atoms in total. The van der Waals surface area contributed by atoms with Crippen molar-refractivity contribution in [1.82, 2.24) is 5.32 Å². The lowest BCUT2D eigenvalue weighted by Gasteiger charge is -2.14. The average molecular weight is 419 g/mol. The molecule has 1 aliphatic carbocycles. The molecule has 0 amide bonds. The SMILES string of the molecule is Cl.O=S(=O)(Nc1ccc(C23CNC[C@H]2C3)cc1)c1ccc(C(F)(F)F)cc1. The quantitative estimate of drug-likeness (QED) is 0.794. The second-order valence-electron chi connectivity index (χ2n) is 6.89.